The Balaban J connectivity index is 2.11. The van der Waals surface area contributed by atoms with Gasteiger partial charge in [0.25, 0.3) is 0 Å². The minimum atomic E-state index is 0.396. The zero-order valence-electron chi connectivity index (χ0n) is 10.5. The number of hydrogen-bond donors (Lipinski definition) is 2. The number of rotatable bonds is 3. The van der Waals surface area contributed by atoms with Crippen LogP contribution in [0.4, 0.5) is 5.69 Å². The molecule has 94 valence electrons. The highest BCUT2D eigenvalue weighted by atomic mass is 127. The summed E-state index contributed by atoms with van der Waals surface area (Å²) in [6.45, 7) is 4.62. The normalized spacial score (nSPS) is 10.4. The molecule has 18 heavy (non-hydrogen) atoms. The standard InChI is InChI=1S/C15H16INO/c1-10-6-12(7-11(2)15(10)18)9-17-14-5-3-4-13(16)8-14/h3-8,17-18H,9H2,1-2H3. The van der Waals surface area contributed by atoms with E-state index in [2.05, 4.69) is 46.1 Å². The lowest BCUT2D eigenvalue weighted by Gasteiger charge is -2.10. The third-order valence-corrected chi connectivity index (χ3v) is 3.54. The van der Waals surface area contributed by atoms with E-state index >= 15 is 0 Å². The van der Waals surface area contributed by atoms with E-state index in [-0.39, 0.29) is 0 Å². The second-order valence-corrected chi connectivity index (χ2v) is 5.69. The van der Waals surface area contributed by atoms with Crippen molar-refractivity contribution in [1.29, 1.82) is 0 Å². The summed E-state index contributed by atoms with van der Waals surface area (Å²) in [6, 6.07) is 12.3. The van der Waals surface area contributed by atoms with Crippen LogP contribution in [0, 0.1) is 17.4 Å². The first-order chi connectivity index (χ1) is 8.56. The number of aromatic hydroxyl groups is 1. The summed E-state index contributed by atoms with van der Waals surface area (Å²) in [7, 11) is 0. The van der Waals surface area contributed by atoms with Crippen LogP contribution < -0.4 is 5.32 Å². The minimum Gasteiger partial charge on any atom is -0.507 e. The van der Waals surface area contributed by atoms with Crippen LogP contribution in [-0.2, 0) is 6.54 Å². The summed E-state index contributed by atoms with van der Waals surface area (Å²) in [5.41, 5.74) is 4.15. The quantitative estimate of drug-likeness (QED) is 0.810. The van der Waals surface area contributed by atoms with Gasteiger partial charge in [0.2, 0.25) is 0 Å². The third-order valence-electron chi connectivity index (χ3n) is 2.87. The Morgan fingerprint density at radius 3 is 2.39 bits per heavy atom. The Bertz CT molecular complexity index is 543. The maximum atomic E-state index is 9.73. The highest BCUT2D eigenvalue weighted by Crippen LogP contribution is 2.23. The highest BCUT2D eigenvalue weighted by Gasteiger charge is 2.03. The van der Waals surface area contributed by atoms with E-state index in [0.29, 0.717) is 5.75 Å². The number of benzene rings is 2. The fraction of sp³-hybridized carbons (Fsp3) is 0.200. The average Bonchev–Trinajstić information content (AvgIpc) is 2.33. The molecule has 0 aromatic heterocycles. The Hall–Kier alpha value is -1.23. The molecular formula is C15H16INO. The van der Waals surface area contributed by atoms with Crippen molar-refractivity contribution in [2.45, 2.75) is 20.4 Å². The van der Waals surface area contributed by atoms with E-state index in [4.69, 9.17) is 0 Å². The maximum absolute atomic E-state index is 9.73. The van der Waals surface area contributed by atoms with Crippen molar-refractivity contribution in [3.05, 3.63) is 56.7 Å². The van der Waals surface area contributed by atoms with Crippen molar-refractivity contribution in [3.8, 4) is 5.75 Å². The molecule has 2 N–H and O–H groups in total. The monoisotopic (exact) mass is 353 g/mol. The smallest absolute Gasteiger partial charge is 0.121 e. The van der Waals surface area contributed by atoms with Crippen LogP contribution in [0.5, 0.6) is 5.75 Å². The van der Waals surface area contributed by atoms with Crippen LogP contribution in [0.25, 0.3) is 0 Å². The van der Waals surface area contributed by atoms with Crippen LogP contribution in [0.3, 0.4) is 0 Å². The fourth-order valence-electron chi connectivity index (χ4n) is 1.95. The summed E-state index contributed by atoms with van der Waals surface area (Å²) in [5, 5.41) is 13.1. The molecule has 2 aromatic rings. The van der Waals surface area contributed by atoms with Crippen molar-refractivity contribution in [3.63, 3.8) is 0 Å². The zero-order valence-corrected chi connectivity index (χ0v) is 12.7. The van der Waals surface area contributed by atoms with Crippen molar-refractivity contribution >= 4 is 28.3 Å². The lowest BCUT2D eigenvalue weighted by atomic mass is 10.1. The summed E-state index contributed by atoms with van der Waals surface area (Å²) >= 11 is 2.30. The largest absolute Gasteiger partial charge is 0.507 e. The van der Waals surface area contributed by atoms with E-state index in [1.807, 2.05) is 32.0 Å². The fourth-order valence-corrected chi connectivity index (χ4v) is 2.49. The Labute approximate surface area is 121 Å². The van der Waals surface area contributed by atoms with Crippen molar-refractivity contribution in [2.24, 2.45) is 0 Å². The van der Waals surface area contributed by atoms with Gasteiger partial charge in [-0.2, -0.15) is 0 Å². The molecule has 0 amide bonds. The molecule has 0 bridgehead atoms. The summed E-state index contributed by atoms with van der Waals surface area (Å²) < 4.78 is 1.22. The van der Waals surface area contributed by atoms with Gasteiger partial charge >= 0.3 is 0 Å². The molecule has 0 fully saturated rings. The van der Waals surface area contributed by atoms with Crippen molar-refractivity contribution < 1.29 is 5.11 Å². The summed E-state index contributed by atoms with van der Waals surface area (Å²) in [6.07, 6.45) is 0. The number of phenols is 1. The number of hydrogen-bond acceptors (Lipinski definition) is 2. The van der Waals surface area contributed by atoms with E-state index in [0.717, 1.165) is 23.4 Å². The van der Waals surface area contributed by atoms with Crippen LogP contribution in [-0.4, -0.2) is 5.11 Å². The Morgan fingerprint density at radius 2 is 1.78 bits per heavy atom. The molecule has 3 heteroatoms. The molecule has 0 saturated heterocycles. The minimum absolute atomic E-state index is 0.396. The number of aryl methyl sites for hydroxylation is 2. The van der Waals surface area contributed by atoms with E-state index in [9.17, 15) is 5.11 Å². The first kappa shape index (κ1) is 13.2. The molecule has 0 unspecified atom stereocenters. The van der Waals surface area contributed by atoms with Gasteiger partial charge in [-0.25, -0.2) is 0 Å². The molecule has 0 aliphatic rings. The molecule has 0 aliphatic carbocycles. The van der Waals surface area contributed by atoms with E-state index < -0.39 is 0 Å². The second-order valence-electron chi connectivity index (χ2n) is 4.44. The van der Waals surface area contributed by atoms with E-state index in [1.165, 1.54) is 9.13 Å². The van der Waals surface area contributed by atoms with Gasteiger partial charge in [0.05, 0.1) is 0 Å². The lowest BCUT2D eigenvalue weighted by molar-refractivity contribution is 0.466. The van der Waals surface area contributed by atoms with Gasteiger partial charge in [-0.1, -0.05) is 18.2 Å². The maximum Gasteiger partial charge on any atom is 0.121 e. The molecule has 2 nitrogen and oxygen atoms in total. The average molecular weight is 353 g/mol. The number of nitrogens with one attached hydrogen (secondary N) is 1. The van der Waals surface area contributed by atoms with Gasteiger partial charge in [-0.3, -0.25) is 0 Å². The molecule has 0 saturated carbocycles. The van der Waals surface area contributed by atoms with Gasteiger partial charge in [0.15, 0.2) is 0 Å². The predicted molar refractivity (Wildman–Crippen MR) is 84.1 cm³/mol. The summed E-state index contributed by atoms with van der Waals surface area (Å²) in [5.74, 6) is 0.396. The van der Waals surface area contributed by atoms with Gasteiger partial charge in [0, 0.05) is 15.8 Å². The zero-order chi connectivity index (χ0) is 13.1. The van der Waals surface area contributed by atoms with Crippen LogP contribution >= 0.6 is 22.6 Å². The Morgan fingerprint density at radius 1 is 1.11 bits per heavy atom. The van der Waals surface area contributed by atoms with Crippen LogP contribution in [0.15, 0.2) is 36.4 Å². The number of anilines is 1. The topological polar surface area (TPSA) is 32.3 Å². The van der Waals surface area contributed by atoms with Crippen molar-refractivity contribution in [2.75, 3.05) is 5.32 Å². The summed E-state index contributed by atoms with van der Waals surface area (Å²) in [4.78, 5) is 0. The molecular weight excluding hydrogens is 337 g/mol. The first-order valence-electron chi connectivity index (χ1n) is 5.85. The van der Waals surface area contributed by atoms with Gasteiger partial charge < -0.3 is 10.4 Å². The number of phenolic OH excluding ortho intramolecular Hbond substituents is 1. The molecule has 2 aromatic carbocycles. The van der Waals surface area contributed by atoms with Crippen molar-refractivity contribution in [1.82, 2.24) is 0 Å². The Kier molecular flexibility index (Phi) is 4.11. The first-order valence-corrected chi connectivity index (χ1v) is 6.92. The molecule has 2 rings (SSSR count). The molecule has 0 radical (unpaired) electrons. The van der Waals surface area contributed by atoms with Crippen LogP contribution in [0.1, 0.15) is 16.7 Å². The van der Waals surface area contributed by atoms with Crippen LogP contribution in [0.2, 0.25) is 0 Å². The predicted octanol–water partition coefficient (Wildman–Crippen LogP) is 4.23. The van der Waals surface area contributed by atoms with Gasteiger partial charge in [-0.15, -0.1) is 0 Å². The van der Waals surface area contributed by atoms with Gasteiger partial charge in [-0.05, 0) is 71.3 Å². The second kappa shape index (κ2) is 5.61. The molecule has 0 aliphatic heterocycles. The van der Waals surface area contributed by atoms with E-state index in [1.54, 1.807) is 0 Å². The number of halogens is 1. The highest BCUT2D eigenvalue weighted by molar-refractivity contribution is 14.1. The third kappa shape index (κ3) is 3.16. The SMILES string of the molecule is Cc1cc(CNc2cccc(I)c2)cc(C)c1O. The van der Waals surface area contributed by atoms with Gasteiger partial charge in [0.1, 0.15) is 5.75 Å². The molecule has 0 spiro atoms. The molecule has 0 heterocycles. The molecule has 0 atom stereocenters. The lowest BCUT2D eigenvalue weighted by Crippen LogP contribution is -2.00.